The maximum atomic E-state index is 12.6. The van der Waals surface area contributed by atoms with Crippen molar-refractivity contribution in [2.45, 2.75) is 13.1 Å². The molecular formula is C9H5F3INO3. The van der Waals surface area contributed by atoms with Crippen LogP contribution in [-0.4, -0.2) is 10.7 Å². The molecule has 0 fully saturated rings. The number of carbonyl (C=O) groups is 1. The van der Waals surface area contributed by atoms with Gasteiger partial charge < -0.3 is 0 Å². The average Bonchev–Trinajstić information content (AvgIpc) is 2.14. The van der Waals surface area contributed by atoms with Gasteiger partial charge in [0.15, 0.2) is 5.78 Å². The third kappa shape index (κ3) is 2.93. The lowest BCUT2D eigenvalue weighted by molar-refractivity contribution is -0.386. The molecule has 1 aromatic rings. The molecule has 1 aromatic carbocycles. The smallest absolute Gasteiger partial charge is 0.294 e. The summed E-state index contributed by atoms with van der Waals surface area (Å²) in [5.41, 5.74) is -2.51. The molecule has 0 saturated heterocycles. The van der Waals surface area contributed by atoms with Crippen LogP contribution >= 0.6 is 22.6 Å². The van der Waals surface area contributed by atoms with E-state index in [4.69, 9.17) is 0 Å². The monoisotopic (exact) mass is 359 g/mol. The van der Waals surface area contributed by atoms with E-state index in [1.54, 1.807) is 0 Å². The Bertz CT molecular complexity index is 499. The van der Waals surface area contributed by atoms with Crippen molar-refractivity contribution in [3.8, 4) is 0 Å². The van der Waals surface area contributed by atoms with Gasteiger partial charge in [-0.3, -0.25) is 14.9 Å². The van der Waals surface area contributed by atoms with Gasteiger partial charge >= 0.3 is 6.18 Å². The largest absolute Gasteiger partial charge is 0.417 e. The molecule has 0 radical (unpaired) electrons. The number of nitro groups is 1. The van der Waals surface area contributed by atoms with Crippen LogP contribution in [0.4, 0.5) is 18.9 Å². The van der Waals surface area contributed by atoms with E-state index < -0.39 is 33.7 Å². The number of ketones is 1. The standard InChI is InChI=1S/C9H5F3INO3/c1-4(15)5-2-7(13)8(14(16)17)3-6(5)9(10,11)12/h2-3H,1H3. The minimum atomic E-state index is -4.80. The Morgan fingerprint density at radius 2 is 1.94 bits per heavy atom. The summed E-state index contributed by atoms with van der Waals surface area (Å²) in [6, 6.07) is 1.27. The summed E-state index contributed by atoms with van der Waals surface area (Å²) >= 11 is 1.52. The zero-order chi connectivity index (χ0) is 13.4. The number of rotatable bonds is 2. The lowest BCUT2D eigenvalue weighted by atomic mass is 10.0. The maximum absolute atomic E-state index is 12.6. The van der Waals surface area contributed by atoms with Crippen molar-refractivity contribution in [2.24, 2.45) is 0 Å². The van der Waals surface area contributed by atoms with E-state index >= 15 is 0 Å². The van der Waals surface area contributed by atoms with Crippen molar-refractivity contribution in [2.75, 3.05) is 0 Å². The molecule has 0 heterocycles. The van der Waals surface area contributed by atoms with Gasteiger partial charge in [0.1, 0.15) is 0 Å². The predicted molar refractivity (Wildman–Crippen MR) is 60.8 cm³/mol. The molecule has 0 aliphatic rings. The van der Waals surface area contributed by atoms with Gasteiger partial charge in [-0.25, -0.2) is 0 Å². The van der Waals surface area contributed by atoms with Gasteiger partial charge in [0.2, 0.25) is 0 Å². The van der Waals surface area contributed by atoms with E-state index in [0.29, 0.717) is 6.07 Å². The van der Waals surface area contributed by atoms with Crippen LogP contribution in [0.5, 0.6) is 0 Å². The van der Waals surface area contributed by atoms with E-state index in [-0.39, 0.29) is 3.57 Å². The molecule has 0 unspecified atom stereocenters. The molecule has 8 heteroatoms. The number of hydrogen-bond donors (Lipinski definition) is 0. The number of benzene rings is 1. The first kappa shape index (κ1) is 13.9. The summed E-state index contributed by atoms with van der Waals surface area (Å²) in [7, 11) is 0. The first-order valence-electron chi connectivity index (χ1n) is 4.20. The minimum Gasteiger partial charge on any atom is -0.294 e. The quantitative estimate of drug-likeness (QED) is 0.352. The molecule has 0 N–H and O–H groups in total. The molecule has 1 rings (SSSR count). The molecule has 0 spiro atoms. The molecule has 0 bridgehead atoms. The Balaban J connectivity index is 3.60. The van der Waals surface area contributed by atoms with Crippen LogP contribution in [0.3, 0.4) is 0 Å². The number of hydrogen-bond acceptors (Lipinski definition) is 3. The molecule has 92 valence electrons. The van der Waals surface area contributed by atoms with Crippen LogP contribution in [0.2, 0.25) is 0 Å². The topological polar surface area (TPSA) is 60.2 Å². The van der Waals surface area contributed by atoms with Crippen LogP contribution in [0.1, 0.15) is 22.8 Å². The van der Waals surface area contributed by atoms with Crippen molar-refractivity contribution >= 4 is 34.1 Å². The summed E-state index contributed by atoms with van der Waals surface area (Å²) < 4.78 is 37.8. The van der Waals surface area contributed by atoms with E-state index in [9.17, 15) is 28.1 Å². The normalized spacial score (nSPS) is 11.4. The Labute approximate surface area is 107 Å². The van der Waals surface area contributed by atoms with E-state index in [2.05, 4.69) is 0 Å². The molecule has 0 aliphatic heterocycles. The van der Waals surface area contributed by atoms with Crippen LogP contribution in [-0.2, 0) is 6.18 Å². The number of carbonyl (C=O) groups excluding carboxylic acids is 1. The van der Waals surface area contributed by atoms with Crippen LogP contribution in [0.15, 0.2) is 12.1 Å². The van der Waals surface area contributed by atoms with E-state index in [1.165, 1.54) is 22.6 Å². The fraction of sp³-hybridized carbons (Fsp3) is 0.222. The lowest BCUT2D eigenvalue weighted by Crippen LogP contribution is -2.13. The fourth-order valence-electron chi connectivity index (χ4n) is 1.23. The second kappa shape index (κ2) is 4.59. The first-order chi connectivity index (χ1) is 7.64. The van der Waals surface area contributed by atoms with Crippen molar-refractivity contribution in [3.63, 3.8) is 0 Å². The number of nitrogens with zero attached hydrogens (tertiary/aromatic N) is 1. The fourth-order valence-corrected chi connectivity index (χ4v) is 1.89. The van der Waals surface area contributed by atoms with Gasteiger partial charge in [-0.15, -0.1) is 0 Å². The number of Topliss-reactive ketones (excluding diaryl/α,β-unsaturated/α-hetero) is 1. The predicted octanol–water partition coefficient (Wildman–Crippen LogP) is 3.42. The Hall–Kier alpha value is -1.19. The second-order valence-corrected chi connectivity index (χ2v) is 4.32. The summed E-state index contributed by atoms with van der Waals surface area (Å²) in [6.07, 6.45) is -4.80. The first-order valence-corrected chi connectivity index (χ1v) is 5.28. The van der Waals surface area contributed by atoms with Crippen LogP contribution in [0.25, 0.3) is 0 Å². The van der Waals surface area contributed by atoms with Crippen molar-refractivity contribution in [1.82, 2.24) is 0 Å². The summed E-state index contributed by atoms with van der Waals surface area (Å²) in [6.45, 7) is 0.979. The summed E-state index contributed by atoms with van der Waals surface area (Å²) in [5.74, 6) is -0.787. The zero-order valence-electron chi connectivity index (χ0n) is 8.34. The number of halogens is 4. The molecular weight excluding hydrogens is 354 g/mol. The van der Waals surface area contributed by atoms with Gasteiger partial charge in [0, 0.05) is 11.6 Å². The molecule has 0 aromatic heterocycles. The van der Waals surface area contributed by atoms with Gasteiger partial charge in [-0.1, -0.05) is 0 Å². The zero-order valence-corrected chi connectivity index (χ0v) is 10.5. The molecule has 0 aliphatic carbocycles. The Kier molecular flexibility index (Phi) is 3.74. The highest BCUT2D eigenvalue weighted by Crippen LogP contribution is 2.36. The van der Waals surface area contributed by atoms with Crippen molar-refractivity contribution in [3.05, 3.63) is 36.9 Å². The average molecular weight is 359 g/mol. The van der Waals surface area contributed by atoms with Gasteiger partial charge in [0.05, 0.1) is 14.1 Å². The molecule has 0 atom stereocenters. The molecule has 4 nitrogen and oxygen atoms in total. The van der Waals surface area contributed by atoms with Gasteiger partial charge in [0.25, 0.3) is 5.69 Å². The van der Waals surface area contributed by atoms with Crippen LogP contribution < -0.4 is 0 Å². The maximum Gasteiger partial charge on any atom is 0.417 e. The summed E-state index contributed by atoms with van der Waals surface area (Å²) in [5, 5.41) is 10.5. The van der Waals surface area contributed by atoms with Crippen molar-refractivity contribution < 1.29 is 22.9 Å². The molecule has 0 amide bonds. The summed E-state index contributed by atoms with van der Waals surface area (Å²) in [4.78, 5) is 20.7. The SMILES string of the molecule is CC(=O)c1cc(I)c([N+](=O)[O-])cc1C(F)(F)F. The van der Waals surface area contributed by atoms with Gasteiger partial charge in [-0.2, -0.15) is 13.2 Å². The Morgan fingerprint density at radius 1 is 1.41 bits per heavy atom. The van der Waals surface area contributed by atoms with Gasteiger partial charge in [-0.05, 0) is 35.6 Å². The van der Waals surface area contributed by atoms with Crippen LogP contribution in [0, 0.1) is 13.7 Å². The third-order valence-electron chi connectivity index (χ3n) is 1.97. The highest BCUT2D eigenvalue weighted by Gasteiger charge is 2.37. The number of alkyl halides is 3. The highest BCUT2D eigenvalue weighted by atomic mass is 127. The lowest BCUT2D eigenvalue weighted by Gasteiger charge is -2.11. The second-order valence-electron chi connectivity index (χ2n) is 3.16. The molecule has 17 heavy (non-hydrogen) atoms. The van der Waals surface area contributed by atoms with E-state index in [1.807, 2.05) is 0 Å². The minimum absolute atomic E-state index is 0.00852. The van der Waals surface area contributed by atoms with E-state index in [0.717, 1.165) is 13.0 Å². The Morgan fingerprint density at radius 3 is 2.29 bits per heavy atom. The van der Waals surface area contributed by atoms with Crippen molar-refractivity contribution in [1.29, 1.82) is 0 Å². The number of nitro benzene ring substituents is 1. The molecule has 0 saturated carbocycles. The highest BCUT2D eigenvalue weighted by molar-refractivity contribution is 14.1. The third-order valence-corrected chi connectivity index (χ3v) is 2.83.